The fourth-order valence-electron chi connectivity index (χ4n) is 1.69. The molecule has 3 atom stereocenters. The maximum absolute atomic E-state index is 5.06. The van der Waals surface area contributed by atoms with Crippen LogP contribution < -0.4 is 5.32 Å². The molecule has 0 spiro atoms. The van der Waals surface area contributed by atoms with Crippen molar-refractivity contribution < 1.29 is 4.74 Å². The fourth-order valence-corrected chi connectivity index (χ4v) is 2.90. The molecule has 3 heteroatoms. The Morgan fingerprint density at radius 3 is 2.92 bits per heavy atom. The van der Waals surface area contributed by atoms with E-state index in [2.05, 4.69) is 30.9 Å². The molecular formula is C10H21NOS. The minimum Gasteiger partial charge on any atom is -0.385 e. The van der Waals surface area contributed by atoms with Crippen LogP contribution in [-0.4, -0.2) is 36.8 Å². The lowest BCUT2D eigenvalue weighted by atomic mass is 10.1. The Balaban J connectivity index is 2.15. The molecule has 0 aliphatic carbocycles. The Labute approximate surface area is 85.8 Å². The van der Waals surface area contributed by atoms with Gasteiger partial charge in [-0.25, -0.2) is 0 Å². The smallest absolute Gasteiger partial charge is 0.0476 e. The van der Waals surface area contributed by atoms with Gasteiger partial charge in [0.05, 0.1) is 0 Å². The van der Waals surface area contributed by atoms with E-state index in [1.54, 1.807) is 7.11 Å². The van der Waals surface area contributed by atoms with Crippen molar-refractivity contribution in [1.82, 2.24) is 5.32 Å². The Morgan fingerprint density at radius 2 is 2.38 bits per heavy atom. The zero-order chi connectivity index (χ0) is 9.68. The zero-order valence-corrected chi connectivity index (χ0v) is 9.69. The van der Waals surface area contributed by atoms with E-state index in [-0.39, 0.29) is 0 Å². The van der Waals surface area contributed by atoms with Gasteiger partial charge in [-0.15, -0.1) is 0 Å². The second-order valence-electron chi connectivity index (χ2n) is 3.82. The highest BCUT2D eigenvalue weighted by atomic mass is 32.2. The van der Waals surface area contributed by atoms with Gasteiger partial charge in [-0.05, 0) is 25.5 Å². The van der Waals surface area contributed by atoms with Gasteiger partial charge in [-0.2, -0.15) is 11.8 Å². The lowest BCUT2D eigenvalue weighted by Gasteiger charge is -2.21. The number of nitrogens with one attached hydrogen (secondary N) is 1. The van der Waals surface area contributed by atoms with Crippen LogP contribution in [0.3, 0.4) is 0 Å². The summed E-state index contributed by atoms with van der Waals surface area (Å²) in [5, 5.41) is 4.44. The van der Waals surface area contributed by atoms with Gasteiger partial charge in [0.25, 0.3) is 0 Å². The van der Waals surface area contributed by atoms with Gasteiger partial charge in [-0.3, -0.25) is 0 Å². The average molecular weight is 203 g/mol. The van der Waals surface area contributed by atoms with E-state index >= 15 is 0 Å². The first-order chi connectivity index (χ1) is 6.24. The van der Waals surface area contributed by atoms with Crippen molar-refractivity contribution in [2.75, 3.05) is 19.5 Å². The molecule has 1 saturated heterocycles. The summed E-state index contributed by atoms with van der Waals surface area (Å²) in [5.41, 5.74) is 0. The summed E-state index contributed by atoms with van der Waals surface area (Å²) in [5.74, 6) is 1.32. The van der Waals surface area contributed by atoms with Gasteiger partial charge in [0.1, 0.15) is 0 Å². The van der Waals surface area contributed by atoms with E-state index in [9.17, 15) is 0 Å². The molecule has 0 aromatic rings. The maximum Gasteiger partial charge on any atom is 0.0476 e. The summed E-state index contributed by atoms with van der Waals surface area (Å²) in [7, 11) is 1.76. The summed E-state index contributed by atoms with van der Waals surface area (Å²) < 4.78 is 5.06. The van der Waals surface area contributed by atoms with E-state index < -0.39 is 0 Å². The second kappa shape index (κ2) is 5.89. The van der Waals surface area contributed by atoms with Gasteiger partial charge in [0.2, 0.25) is 0 Å². The van der Waals surface area contributed by atoms with Crippen molar-refractivity contribution in [2.24, 2.45) is 0 Å². The van der Waals surface area contributed by atoms with Crippen LogP contribution in [0.1, 0.15) is 26.7 Å². The maximum atomic E-state index is 5.06. The van der Waals surface area contributed by atoms with Crippen LogP contribution >= 0.6 is 11.8 Å². The standard InChI is InChI=1S/C10H21NOS/c1-8(4-6-12-3)11-10-5-7-13-9(10)2/h8-11H,4-7H2,1-3H3. The molecule has 13 heavy (non-hydrogen) atoms. The molecular weight excluding hydrogens is 182 g/mol. The first kappa shape index (κ1) is 11.3. The molecule has 0 bridgehead atoms. The van der Waals surface area contributed by atoms with Crippen LogP contribution in [0.2, 0.25) is 0 Å². The van der Waals surface area contributed by atoms with Crippen LogP contribution in [-0.2, 0) is 4.74 Å². The van der Waals surface area contributed by atoms with Crippen LogP contribution in [0, 0.1) is 0 Å². The van der Waals surface area contributed by atoms with Crippen LogP contribution in [0.25, 0.3) is 0 Å². The van der Waals surface area contributed by atoms with Gasteiger partial charge in [0.15, 0.2) is 0 Å². The molecule has 1 rings (SSSR count). The fraction of sp³-hybridized carbons (Fsp3) is 1.00. The van der Waals surface area contributed by atoms with E-state index in [0.717, 1.165) is 24.3 Å². The number of methoxy groups -OCH3 is 1. The zero-order valence-electron chi connectivity index (χ0n) is 8.88. The third-order valence-electron chi connectivity index (χ3n) is 2.63. The highest BCUT2D eigenvalue weighted by molar-refractivity contribution is 8.00. The summed E-state index contributed by atoms with van der Waals surface area (Å²) >= 11 is 2.08. The molecule has 0 aromatic carbocycles. The van der Waals surface area contributed by atoms with E-state index in [4.69, 9.17) is 4.74 Å². The second-order valence-corrected chi connectivity index (χ2v) is 5.31. The van der Waals surface area contributed by atoms with E-state index in [1.165, 1.54) is 12.2 Å². The van der Waals surface area contributed by atoms with Crippen molar-refractivity contribution in [3.8, 4) is 0 Å². The molecule has 0 saturated carbocycles. The third kappa shape index (κ3) is 3.88. The lowest BCUT2D eigenvalue weighted by Crippen LogP contribution is -2.40. The predicted octanol–water partition coefficient (Wildman–Crippen LogP) is 1.90. The molecule has 2 nitrogen and oxygen atoms in total. The molecule has 78 valence electrons. The number of ether oxygens (including phenoxy) is 1. The van der Waals surface area contributed by atoms with Gasteiger partial charge in [0, 0.05) is 31.1 Å². The van der Waals surface area contributed by atoms with Crippen LogP contribution in [0.4, 0.5) is 0 Å². The summed E-state index contributed by atoms with van der Waals surface area (Å²) in [6.07, 6.45) is 2.44. The number of thioether (sulfide) groups is 1. The normalized spacial score (nSPS) is 30.7. The average Bonchev–Trinajstić information content (AvgIpc) is 2.48. The Bertz CT molecular complexity index is 143. The van der Waals surface area contributed by atoms with Crippen molar-refractivity contribution in [3.63, 3.8) is 0 Å². The quantitative estimate of drug-likeness (QED) is 0.737. The van der Waals surface area contributed by atoms with Crippen molar-refractivity contribution >= 4 is 11.8 Å². The summed E-state index contributed by atoms with van der Waals surface area (Å²) in [4.78, 5) is 0. The number of hydrogen-bond acceptors (Lipinski definition) is 3. The van der Waals surface area contributed by atoms with Gasteiger partial charge in [-0.1, -0.05) is 6.92 Å². The Kier molecular flexibility index (Phi) is 5.14. The van der Waals surface area contributed by atoms with Crippen molar-refractivity contribution in [3.05, 3.63) is 0 Å². The molecule has 0 amide bonds. The van der Waals surface area contributed by atoms with E-state index in [0.29, 0.717) is 6.04 Å². The largest absolute Gasteiger partial charge is 0.385 e. The van der Waals surface area contributed by atoms with Gasteiger partial charge < -0.3 is 10.1 Å². The highest BCUT2D eigenvalue weighted by Gasteiger charge is 2.24. The topological polar surface area (TPSA) is 21.3 Å². The molecule has 3 unspecified atom stereocenters. The first-order valence-corrected chi connectivity index (χ1v) is 6.15. The highest BCUT2D eigenvalue weighted by Crippen LogP contribution is 2.26. The minimum absolute atomic E-state index is 0.589. The molecule has 1 N–H and O–H groups in total. The molecule has 1 heterocycles. The molecule has 1 fully saturated rings. The lowest BCUT2D eigenvalue weighted by molar-refractivity contribution is 0.182. The predicted molar refractivity (Wildman–Crippen MR) is 59.4 cm³/mol. The van der Waals surface area contributed by atoms with Crippen LogP contribution in [0.15, 0.2) is 0 Å². The Hall–Kier alpha value is 0.270. The van der Waals surface area contributed by atoms with Crippen LogP contribution in [0.5, 0.6) is 0 Å². The number of hydrogen-bond donors (Lipinski definition) is 1. The van der Waals surface area contributed by atoms with Crippen molar-refractivity contribution in [1.29, 1.82) is 0 Å². The summed E-state index contributed by atoms with van der Waals surface area (Å²) in [6.45, 7) is 5.43. The van der Waals surface area contributed by atoms with Crippen molar-refractivity contribution in [2.45, 2.75) is 44.0 Å². The molecule has 1 aliphatic heterocycles. The molecule has 1 aliphatic rings. The summed E-state index contributed by atoms with van der Waals surface area (Å²) in [6, 6.07) is 1.31. The molecule has 0 radical (unpaired) electrons. The van der Waals surface area contributed by atoms with E-state index in [1.807, 2.05) is 0 Å². The van der Waals surface area contributed by atoms with Gasteiger partial charge >= 0.3 is 0 Å². The first-order valence-electron chi connectivity index (χ1n) is 5.10. The number of rotatable bonds is 5. The Morgan fingerprint density at radius 1 is 1.62 bits per heavy atom. The minimum atomic E-state index is 0.589. The third-order valence-corrected chi connectivity index (χ3v) is 3.96. The molecule has 0 aromatic heterocycles. The SMILES string of the molecule is COCCC(C)NC1CCSC1C. The monoisotopic (exact) mass is 203 g/mol.